The highest BCUT2D eigenvalue weighted by Gasteiger charge is 2.12. The van der Waals surface area contributed by atoms with Gasteiger partial charge >= 0.3 is 5.97 Å². The number of hydrogen-bond donors (Lipinski definition) is 2. The zero-order valence-electron chi connectivity index (χ0n) is 9.53. The highest BCUT2D eigenvalue weighted by atomic mass is 35.5. The minimum atomic E-state index is -0.935. The Labute approximate surface area is 109 Å². The molecule has 98 valence electrons. The summed E-state index contributed by atoms with van der Waals surface area (Å²) >= 11 is 5.56. The van der Waals surface area contributed by atoms with Gasteiger partial charge in [-0.25, -0.2) is 4.39 Å². The summed E-state index contributed by atoms with van der Waals surface area (Å²) in [6, 6.07) is 4.02. The average Bonchev–Trinajstić information content (AvgIpc) is 2.31. The Morgan fingerprint density at radius 3 is 2.83 bits per heavy atom. The molecule has 0 heterocycles. The van der Waals surface area contributed by atoms with E-state index in [9.17, 15) is 14.0 Å². The minimum absolute atomic E-state index is 0.0317. The Balaban J connectivity index is 2.66. The molecule has 18 heavy (non-hydrogen) atoms. The minimum Gasteiger partial charge on any atom is -0.481 e. The topological polar surface area (TPSA) is 66.4 Å². The summed E-state index contributed by atoms with van der Waals surface area (Å²) in [5, 5.41) is 11.1. The average molecular weight is 274 g/mol. The lowest BCUT2D eigenvalue weighted by Crippen LogP contribution is -2.30. The van der Waals surface area contributed by atoms with E-state index in [-0.39, 0.29) is 23.9 Å². The number of carbonyl (C=O) groups excluding carboxylic acids is 1. The maximum atomic E-state index is 13.2. The molecule has 1 aromatic carbocycles. The molecule has 4 nitrogen and oxygen atoms in total. The summed E-state index contributed by atoms with van der Waals surface area (Å²) in [7, 11) is 0. The van der Waals surface area contributed by atoms with Gasteiger partial charge < -0.3 is 10.4 Å². The maximum absolute atomic E-state index is 13.2. The SMILES string of the molecule is O=CNC(CCC(=O)O)Cc1ccc(Cl)c(F)c1. The maximum Gasteiger partial charge on any atom is 0.303 e. The molecule has 1 unspecified atom stereocenters. The van der Waals surface area contributed by atoms with Crippen molar-refractivity contribution in [1.29, 1.82) is 0 Å². The molecule has 1 aromatic rings. The van der Waals surface area contributed by atoms with Gasteiger partial charge in [0.1, 0.15) is 5.82 Å². The van der Waals surface area contributed by atoms with E-state index < -0.39 is 11.8 Å². The molecule has 0 aliphatic carbocycles. The molecule has 0 bridgehead atoms. The molecule has 0 aliphatic rings. The molecule has 1 rings (SSSR count). The number of nitrogens with one attached hydrogen (secondary N) is 1. The number of halogens is 2. The van der Waals surface area contributed by atoms with E-state index in [1.165, 1.54) is 12.1 Å². The van der Waals surface area contributed by atoms with Crippen molar-refractivity contribution in [2.45, 2.75) is 25.3 Å². The van der Waals surface area contributed by atoms with Gasteiger partial charge in [0.15, 0.2) is 0 Å². The van der Waals surface area contributed by atoms with Gasteiger partial charge in [-0.15, -0.1) is 0 Å². The third kappa shape index (κ3) is 4.71. The first-order valence-electron chi connectivity index (χ1n) is 5.38. The molecule has 2 N–H and O–H groups in total. The molecule has 0 spiro atoms. The molecule has 1 atom stereocenters. The van der Waals surface area contributed by atoms with Crippen molar-refractivity contribution in [3.8, 4) is 0 Å². The van der Waals surface area contributed by atoms with Crippen LogP contribution < -0.4 is 5.32 Å². The Hall–Kier alpha value is -1.62. The lowest BCUT2D eigenvalue weighted by molar-refractivity contribution is -0.137. The van der Waals surface area contributed by atoms with Crippen LogP contribution in [-0.4, -0.2) is 23.5 Å². The first kappa shape index (κ1) is 14.4. The van der Waals surface area contributed by atoms with Crippen molar-refractivity contribution in [2.24, 2.45) is 0 Å². The van der Waals surface area contributed by atoms with Crippen molar-refractivity contribution in [1.82, 2.24) is 5.32 Å². The predicted octanol–water partition coefficient (Wildman–Crippen LogP) is 2.00. The standard InChI is InChI=1S/C12H13ClFNO3/c13-10-3-1-8(6-11(10)14)5-9(15-7-16)2-4-12(17)18/h1,3,6-7,9H,2,4-5H2,(H,15,16)(H,17,18). The van der Waals surface area contributed by atoms with Crippen LogP contribution in [0.3, 0.4) is 0 Å². The fourth-order valence-corrected chi connectivity index (χ4v) is 1.71. The third-order valence-electron chi connectivity index (χ3n) is 2.48. The van der Waals surface area contributed by atoms with Gasteiger partial charge in [-0.1, -0.05) is 17.7 Å². The van der Waals surface area contributed by atoms with E-state index in [1.807, 2.05) is 0 Å². The van der Waals surface area contributed by atoms with Crippen molar-refractivity contribution in [3.05, 3.63) is 34.6 Å². The van der Waals surface area contributed by atoms with Crippen molar-refractivity contribution in [3.63, 3.8) is 0 Å². The highest BCUT2D eigenvalue weighted by Crippen LogP contribution is 2.17. The summed E-state index contributed by atoms with van der Waals surface area (Å²) in [6.07, 6.45) is 1.11. The van der Waals surface area contributed by atoms with E-state index in [2.05, 4.69) is 5.32 Å². The third-order valence-corrected chi connectivity index (χ3v) is 2.78. The van der Waals surface area contributed by atoms with Crippen LogP contribution in [0.4, 0.5) is 4.39 Å². The van der Waals surface area contributed by atoms with Gasteiger partial charge in [0, 0.05) is 12.5 Å². The van der Waals surface area contributed by atoms with E-state index in [4.69, 9.17) is 16.7 Å². The number of rotatable bonds is 7. The molecule has 0 saturated carbocycles. The van der Waals surface area contributed by atoms with Gasteiger partial charge in [-0.3, -0.25) is 9.59 Å². The number of carboxylic acid groups (broad SMARTS) is 1. The molecule has 0 saturated heterocycles. The first-order valence-corrected chi connectivity index (χ1v) is 5.76. The Bertz CT molecular complexity index is 439. The molecule has 0 radical (unpaired) electrons. The zero-order valence-corrected chi connectivity index (χ0v) is 10.3. The number of hydrogen-bond acceptors (Lipinski definition) is 2. The van der Waals surface area contributed by atoms with E-state index in [0.717, 1.165) is 0 Å². The van der Waals surface area contributed by atoms with Crippen LogP contribution in [0.2, 0.25) is 5.02 Å². The smallest absolute Gasteiger partial charge is 0.303 e. The van der Waals surface area contributed by atoms with Crippen LogP contribution in [0.15, 0.2) is 18.2 Å². The normalized spacial score (nSPS) is 11.9. The van der Waals surface area contributed by atoms with Crippen LogP contribution in [0, 0.1) is 5.82 Å². The van der Waals surface area contributed by atoms with Crippen molar-refractivity contribution < 1.29 is 19.1 Å². The number of benzene rings is 1. The summed E-state index contributed by atoms with van der Waals surface area (Å²) in [5.74, 6) is -1.47. The Morgan fingerprint density at radius 2 is 2.28 bits per heavy atom. The van der Waals surface area contributed by atoms with Gasteiger partial charge in [0.2, 0.25) is 6.41 Å². The molecule has 6 heteroatoms. The second-order valence-electron chi connectivity index (χ2n) is 3.87. The fourth-order valence-electron chi connectivity index (χ4n) is 1.59. The summed E-state index contributed by atoms with van der Waals surface area (Å²) in [4.78, 5) is 20.9. The Morgan fingerprint density at radius 1 is 1.56 bits per heavy atom. The number of carboxylic acids is 1. The molecular weight excluding hydrogens is 261 g/mol. The number of carbonyl (C=O) groups is 2. The molecular formula is C12H13ClFNO3. The van der Waals surface area contributed by atoms with E-state index in [1.54, 1.807) is 6.07 Å². The molecule has 1 amide bonds. The quantitative estimate of drug-likeness (QED) is 0.747. The predicted molar refractivity (Wildman–Crippen MR) is 65.0 cm³/mol. The summed E-state index contributed by atoms with van der Waals surface area (Å²) in [5.41, 5.74) is 0.654. The van der Waals surface area contributed by atoms with Crippen molar-refractivity contribution >= 4 is 24.0 Å². The highest BCUT2D eigenvalue weighted by molar-refractivity contribution is 6.30. The second kappa shape index (κ2) is 6.96. The Kier molecular flexibility index (Phi) is 5.58. The van der Waals surface area contributed by atoms with Crippen LogP contribution in [0.5, 0.6) is 0 Å². The van der Waals surface area contributed by atoms with Crippen LogP contribution in [0.1, 0.15) is 18.4 Å². The second-order valence-corrected chi connectivity index (χ2v) is 4.27. The summed E-state index contributed by atoms with van der Waals surface area (Å²) in [6.45, 7) is 0. The fraction of sp³-hybridized carbons (Fsp3) is 0.333. The van der Waals surface area contributed by atoms with Crippen LogP contribution >= 0.6 is 11.6 Å². The van der Waals surface area contributed by atoms with Crippen LogP contribution in [-0.2, 0) is 16.0 Å². The summed E-state index contributed by atoms with van der Waals surface area (Å²) < 4.78 is 13.2. The lowest BCUT2D eigenvalue weighted by Gasteiger charge is -2.15. The van der Waals surface area contributed by atoms with Crippen molar-refractivity contribution in [2.75, 3.05) is 0 Å². The monoisotopic (exact) mass is 273 g/mol. The lowest BCUT2D eigenvalue weighted by atomic mass is 10.0. The number of aliphatic carboxylic acids is 1. The molecule has 0 aliphatic heterocycles. The first-order chi connectivity index (χ1) is 8.52. The zero-order chi connectivity index (χ0) is 13.5. The van der Waals surface area contributed by atoms with Gasteiger partial charge in [-0.05, 0) is 30.5 Å². The van der Waals surface area contributed by atoms with Gasteiger partial charge in [0.05, 0.1) is 5.02 Å². The molecule has 0 aromatic heterocycles. The van der Waals surface area contributed by atoms with Gasteiger partial charge in [0.25, 0.3) is 0 Å². The number of amides is 1. The van der Waals surface area contributed by atoms with E-state index >= 15 is 0 Å². The van der Waals surface area contributed by atoms with Gasteiger partial charge in [-0.2, -0.15) is 0 Å². The van der Waals surface area contributed by atoms with E-state index in [0.29, 0.717) is 18.4 Å². The van der Waals surface area contributed by atoms with Crippen LogP contribution in [0.25, 0.3) is 0 Å². The largest absolute Gasteiger partial charge is 0.481 e. The molecule has 0 fully saturated rings.